The van der Waals surface area contributed by atoms with Crippen LogP contribution in [-0.4, -0.2) is 41.9 Å². The van der Waals surface area contributed by atoms with Gasteiger partial charge in [-0.25, -0.2) is 5.84 Å². The van der Waals surface area contributed by atoms with Crippen LogP contribution in [0.1, 0.15) is 26.2 Å². The van der Waals surface area contributed by atoms with Crippen LogP contribution in [0.4, 0.5) is 0 Å². The fourth-order valence-corrected chi connectivity index (χ4v) is 3.04. The lowest BCUT2D eigenvalue weighted by Crippen LogP contribution is -2.56. The number of rotatable bonds is 3. The van der Waals surface area contributed by atoms with Crippen molar-refractivity contribution in [2.24, 2.45) is 11.8 Å². The van der Waals surface area contributed by atoms with E-state index in [1.807, 2.05) is 6.92 Å². The molecule has 2 fully saturated rings. The first-order valence-electron chi connectivity index (χ1n) is 6.23. The molecule has 3 unspecified atom stereocenters. The number of nitrogens with zero attached hydrogens (tertiary/aromatic N) is 1. The third-order valence-electron chi connectivity index (χ3n) is 3.88. The van der Waals surface area contributed by atoms with Crippen molar-refractivity contribution in [3.05, 3.63) is 0 Å². The number of hydrazine groups is 1. The molecule has 2 heterocycles. The Balaban J connectivity index is 2.13. The highest BCUT2D eigenvalue weighted by Crippen LogP contribution is 2.29. The van der Waals surface area contributed by atoms with E-state index in [9.17, 15) is 9.59 Å². The number of carbonyl (C=O) groups excluding carboxylic acids is 2. The van der Waals surface area contributed by atoms with Crippen molar-refractivity contribution in [3.63, 3.8) is 0 Å². The molecule has 0 bridgehead atoms. The molecule has 3 atom stereocenters. The number of fused-ring (bicyclic) bond motifs is 1. The highest BCUT2D eigenvalue weighted by molar-refractivity contribution is 5.83. The first-order chi connectivity index (χ1) is 8.19. The zero-order valence-corrected chi connectivity index (χ0v) is 10.1. The number of likely N-dealkylation sites (tertiary alicyclic amines) is 1. The first-order valence-corrected chi connectivity index (χ1v) is 6.23. The molecule has 2 amide bonds. The summed E-state index contributed by atoms with van der Waals surface area (Å²) < 4.78 is 0. The molecule has 4 N–H and O–H groups in total. The van der Waals surface area contributed by atoms with Gasteiger partial charge in [-0.15, -0.1) is 0 Å². The Hall–Kier alpha value is -1.14. The number of amides is 2. The molecule has 0 aromatic rings. The predicted octanol–water partition coefficient (Wildman–Crippen LogP) is -1.03. The number of nitrogens with two attached hydrogens (primary N) is 1. The molecule has 0 aliphatic carbocycles. The van der Waals surface area contributed by atoms with Gasteiger partial charge < -0.3 is 5.32 Å². The summed E-state index contributed by atoms with van der Waals surface area (Å²) in [5.41, 5.74) is 2.22. The minimum atomic E-state index is -0.222. The summed E-state index contributed by atoms with van der Waals surface area (Å²) in [7, 11) is 0. The van der Waals surface area contributed by atoms with Gasteiger partial charge in [0.2, 0.25) is 5.91 Å². The first kappa shape index (κ1) is 12.3. The van der Waals surface area contributed by atoms with E-state index in [-0.39, 0.29) is 29.8 Å². The standard InChI is InChI=1S/C11H20N4O2/c1-2-8(11(17)14-12)15-5-3-4-7-9(15)6-13-10(7)16/h7-9H,2-6,12H2,1H3,(H,13,16)(H,14,17). The summed E-state index contributed by atoms with van der Waals surface area (Å²) in [4.78, 5) is 25.5. The summed E-state index contributed by atoms with van der Waals surface area (Å²) in [5, 5.41) is 2.88. The largest absolute Gasteiger partial charge is 0.354 e. The van der Waals surface area contributed by atoms with Gasteiger partial charge in [-0.1, -0.05) is 6.92 Å². The summed E-state index contributed by atoms with van der Waals surface area (Å²) in [6, 6.07) is -0.0704. The molecule has 0 radical (unpaired) electrons. The molecule has 96 valence electrons. The molecule has 0 aromatic carbocycles. The highest BCUT2D eigenvalue weighted by Gasteiger charge is 2.43. The van der Waals surface area contributed by atoms with E-state index in [0.717, 1.165) is 19.4 Å². The zero-order valence-electron chi connectivity index (χ0n) is 10.1. The van der Waals surface area contributed by atoms with E-state index in [0.29, 0.717) is 13.0 Å². The maximum atomic E-state index is 11.7. The van der Waals surface area contributed by atoms with Crippen LogP contribution in [0.3, 0.4) is 0 Å². The molecule has 2 aliphatic heterocycles. The quantitative estimate of drug-likeness (QED) is 0.334. The molecular weight excluding hydrogens is 220 g/mol. The zero-order chi connectivity index (χ0) is 12.4. The number of hydrogen-bond acceptors (Lipinski definition) is 4. The fourth-order valence-electron chi connectivity index (χ4n) is 3.04. The lowest BCUT2D eigenvalue weighted by molar-refractivity contribution is -0.131. The number of nitrogens with one attached hydrogen (secondary N) is 2. The second kappa shape index (κ2) is 5.01. The lowest BCUT2D eigenvalue weighted by atomic mass is 9.89. The van der Waals surface area contributed by atoms with Crippen LogP contribution in [0, 0.1) is 5.92 Å². The van der Waals surface area contributed by atoms with Crippen molar-refractivity contribution in [1.82, 2.24) is 15.6 Å². The van der Waals surface area contributed by atoms with Crippen LogP contribution in [0.5, 0.6) is 0 Å². The minimum absolute atomic E-state index is 0.0448. The molecule has 6 nitrogen and oxygen atoms in total. The Kier molecular flexibility index (Phi) is 3.63. The molecule has 2 rings (SSSR count). The molecule has 17 heavy (non-hydrogen) atoms. The molecule has 0 saturated carbocycles. The van der Waals surface area contributed by atoms with Gasteiger partial charge >= 0.3 is 0 Å². The Labute approximate surface area is 101 Å². The van der Waals surface area contributed by atoms with E-state index in [1.165, 1.54) is 0 Å². The minimum Gasteiger partial charge on any atom is -0.354 e. The Morgan fingerprint density at radius 2 is 2.47 bits per heavy atom. The van der Waals surface area contributed by atoms with Crippen LogP contribution < -0.4 is 16.6 Å². The molecular formula is C11H20N4O2. The summed E-state index contributed by atoms with van der Waals surface area (Å²) in [6.07, 6.45) is 2.59. The van der Waals surface area contributed by atoms with Gasteiger partial charge in [-0.2, -0.15) is 0 Å². The summed E-state index contributed by atoms with van der Waals surface area (Å²) in [6.45, 7) is 3.48. The van der Waals surface area contributed by atoms with Gasteiger partial charge in [-0.3, -0.25) is 19.9 Å². The third-order valence-corrected chi connectivity index (χ3v) is 3.88. The topological polar surface area (TPSA) is 87.5 Å². The SMILES string of the molecule is CCC(C(=O)NN)N1CCCC2C(=O)NCC21. The molecule has 6 heteroatoms. The van der Waals surface area contributed by atoms with Crippen LogP contribution in [0.25, 0.3) is 0 Å². The molecule has 0 spiro atoms. The Morgan fingerprint density at radius 3 is 3.12 bits per heavy atom. The average molecular weight is 240 g/mol. The summed E-state index contributed by atoms with van der Waals surface area (Å²) >= 11 is 0. The van der Waals surface area contributed by atoms with Crippen molar-refractivity contribution in [2.45, 2.75) is 38.3 Å². The highest BCUT2D eigenvalue weighted by atomic mass is 16.2. The van der Waals surface area contributed by atoms with Gasteiger partial charge in [0.15, 0.2) is 0 Å². The van der Waals surface area contributed by atoms with Gasteiger partial charge in [0, 0.05) is 12.6 Å². The van der Waals surface area contributed by atoms with E-state index in [2.05, 4.69) is 15.6 Å². The third kappa shape index (κ3) is 2.14. The number of carbonyl (C=O) groups is 2. The van der Waals surface area contributed by atoms with Gasteiger partial charge in [0.25, 0.3) is 5.91 Å². The van der Waals surface area contributed by atoms with E-state index < -0.39 is 0 Å². The fraction of sp³-hybridized carbons (Fsp3) is 0.818. The normalized spacial score (nSPS) is 30.6. The van der Waals surface area contributed by atoms with Crippen molar-refractivity contribution in [2.75, 3.05) is 13.1 Å². The van der Waals surface area contributed by atoms with E-state index in [1.54, 1.807) is 0 Å². The Morgan fingerprint density at radius 1 is 1.71 bits per heavy atom. The molecule has 2 aliphatic rings. The predicted molar refractivity (Wildman–Crippen MR) is 62.6 cm³/mol. The van der Waals surface area contributed by atoms with Crippen LogP contribution in [0.2, 0.25) is 0 Å². The van der Waals surface area contributed by atoms with Crippen molar-refractivity contribution in [3.8, 4) is 0 Å². The van der Waals surface area contributed by atoms with Crippen LogP contribution >= 0.6 is 0 Å². The number of hydrogen-bond donors (Lipinski definition) is 3. The Bertz CT molecular complexity index is 321. The van der Waals surface area contributed by atoms with Crippen molar-refractivity contribution < 1.29 is 9.59 Å². The summed E-state index contributed by atoms with van der Waals surface area (Å²) in [5.74, 6) is 5.22. The van der Waals surface area contributed by atoms with Crippen LogP contribution in [0.15, 0.2) is 0 Å². The second-order valence-electron chi connectivity index (χ2n) is 4.73. The smallest absolute Gasteiger partial charge is 0.251 e. The number of piperidine rings is 1. The monoisotopic (exact) mass is 240 g/mol. The van der Waals surface area contributed by atoms with E-state index in [4.69, 9.17) is 5.84 Å². The van der Waals surface area contributed by atoms with E-state index >= 15 is 0 Å². The van der Waals surface area contributed by atoms with Gasteiger partial charge in [-0.05, 0) is 25.8 Å². The van der Waals surface area contributed by atoms with Crippen molar-refractivity contribution >= 4 is 11.8 Å². The average Bonchev–Trinajstić information content (AvgIpc) is 2.73. The molecule has 2 saturated heterocycles. The van der Waals surface area contributed by atoms with Gasteiger partial charge in [0.1, 0.15) is 0 Å². The maximum absolute atomic E-state index is 11.7. The van der Waals surface area contributed by atoms with Crippen molar-refractivity contribution in [1.29, 1.82) is 0 Å². The maximum Gasteiger partial charge on any atom is 0.251 e. The molecule has 0 aromatic heterocycles. The second-order valence-corrected chi connectivity index (χ2v) is 4.73. The lowest BCUT2D eigenvalue weighted by Gasteiger charge is -2.40. The van der Waals surface area contributed by atoms with Crippen LogP contribution in [-0.2, 0) is 9.59 Å². The van der Waals surface area contributed by atoms with Gasteiger partial charge in [0.05, 0.1) is 12.0 Å².